The van der Waals surface area contributed by atoms with E-state index in [2.05, 4.69) is 15.5 Å². The van der Waals surface area contributed by atoms with Crippen molar-refractivity contribution in [2.45, 2.75) is 0 Å². The number of aromatic nitrogens is 3. The number of amides is 1. The van der Waals surface area contributed by atoms with Crippen LogP contribution in [0.2, 0.25) is 5.02 Å². The van der Waals surface area contributed by atoms with Crippen molar-refractivity contribution in [1.29, 1.82) is 0 Å². The number of benzene rings is 3. The Bertz CT molecular complexity index is 1040. The predicted molar refractivity (Wildman–Crippen MR) is 98.3 cm³/mol. The maximum Gasteiger partial charge on any atom is 0.255 e. The molecule has 0 spiro atoms. The molecular formula is C19H13ClN4O. The van der Waals surface area contributed by atoms with Crippen molar-refractivity contribution in [2.24, 2.45) is 0 Å². The van der Waals surface area contributed by atoms with Crippen LogP contribution < -0.4 is 5.32 Å². The van der Waals surface area contributed by atoms with Gasteiger partial charge >= 0.3 is 0 Å². The summed E-state index contributed by atoms with van der Waals surface area (Å²) >= 11 is 5.91. The first-order chi connectivity index (χ1) is 12.2. The lowest BCUT2D eigenvalue weighted by atomic mass is 10.2. The summed E-state index contributed by atoms with van der Waals surface area (Å²) in [6, 6.07) is 21.8. The number of hydrogen-bond donors (Lipinski definition) is 1. The predicted octanol–water partition coefficient (Wildman–Crippen LogP) is 4.33. The van der Waals surface area contributed by atoms with Crippen molar-refractivity contribution >= 4 is 34.2 Å². The van der Waals surface area contributed by atoms with Crippen LogP contribution in [0.25, 0.3) is 16.7 Å². The lowest BCUT2D eigenvalue weighted by Crippen LogP contribution is -2.11. The lowest BCUT2D eigenvalue weighted by molar-refractivity contribution is 0.102. The first-order valence-electron chi connectivity index (χ1n) is 7.68. The first-order valence-corrected chi connectivity index (χ1v) is 8.06. The van der Waals surface area contributed by atoms with Crippen LogP contribution in [0.3, 0.4) is 0 Å². The van der Waals surface area contributed by atoms with E-state index in [0.717, 1.165) is 11.2 Å². The molecule has 1 N–H and O–H groups in total. The van der Waals surface area contributed by atoms with E-state index in [1.165, 1.54) is 0 Å². The minimum absolute atomic E-state index is 0.162. The third-order valence-corrected chi connectivity index (χ3v) is 3.98. The van der Waals surface area contributed by atoms with Gasteiger partial charge in [0.05, 0.1) is 5.69 Å². The van der Waals surface area contributed by atoms with Crippen LogP contribution >= 0.6 is 11.6 Å². The van der Waals surface area contributed by atoms with E-state index in [9.17, 15) is 4.79 Å². The van der Waals surface area contributed by atoms with Gasteiger partial charge < -0.3 is 5.32 Å². The Morgan fingerprint density at radius 3 is 2.36 bits per heavy atom. The van der Waals surface area contributed by atoms with Gasteiger partial charge in [-0.2, -0.15) is 4.80 Å². The number of hydrogen-bond acceptors (Lipinski definition) is 3. The van der Waals surface area contributed by atoms with Gasteiger partial charge in [0.1, 0.15) is 11.0 Å². The van der Waals surface area contributed by atoms with Gasteiger partial charge in [-0.25, -0.2) is 0 Å². The SMILES string of the molecule is O=C(Nc1ccc2nn(-c3ccc(Cl)cc3)nc2c1)c1ccccc1. The third-order valence-electron chi connectivity index (χ3n) is 3.73. The van der Waals surface area contributed by atoms with Gasteiger partial charge in [0, 0.05) is 16.3 Å². The second-order valence-corrected chi connectivity index (χ2v) is 5.93. The maximum atomic E-state index is 12.2. The number of anilines is 1. The number of nitrogens with one attached hydrogen (secondary N) is 1. The standard InChI is InChI=1S/C19H13ClN4O/c20-14-6-9-16(10-7-14)24-22-17-11-8-15(12-18(17)23-24)21-19(25)13-4-2-1-3-5-13/h1-12H,(H,21,25). The van der Waals surface area contributed by atoms with Crippen molar-refractivity contribution < 1.29 is 4.79 Å². The molecule has 0 saturated heterocycles. The molecule has 0 aliphatic rings. The second kappa shape index (κ2) is 6.37. The molecule has 1 heterocycles. The Balaban J connectivity index is 1.62. The lowest BCUT2D eigenvalue weighted by Gasteiger charge is -2.04. The molecule has 0 radical (unpaired) electrons. The van der Waals surface area contributed by atoms with Crippen LogP contribution in [-0.2, 0) is 0 Å². The number of fused-ring (bicyclic) bond motifs is 1. The van der Waals surface area contributed by atoms with Gasteiger partial charge in [-0.1, -0.05) is 29.8 Å². The monoisotopic (exact) mass is 348 g/mol. The molecule has 6 heteroatoms. The van der Waals surface area contributed by atoms with E-state index < -0.39 is 0 Å². The minimum Gasteiger partial charge on any atom is -0.322 e. The zero-order chi connectivity index (χ0) is 17.2. The van der Waals surface area contributed by atoms with Crippen LogP contribution in [0.15, 0.2) is 72.8 Å². The molecule has 0 aliphatic carbocycles. The molecule has 4 rings (SSSR count). The number of carbonyl (C=O) groups is 1. The normalized spacial score (nSPS) is 10.8. The van der Waals surface area contributed by atoms with Crippen molar-refractivity contribution in [3.8, 4) is 5.69 Å². The number of halogens is 1. The molecule has 25 heavy (non-hydrogen) atoms. The van der Waals surface area contributed by atoms with Crippen molar-refractivity contribution in [2.75, 3.05) is 5.32 Å². The summed E-state index contributed by atoms with van der Waals surface area (Å²) in [5.74, 6) is -0.162. The molecular weight excluding hydrogens is 336 g/mol. The van der Waals surface area contributed by atoms with E-state index >= 15 is 0 Å². The van der Waals surface area contributed by atoms with E-state index in [1.807, 2.05) is 42.5 Å². The largest absolute Gasteiger partial charge is 0.322 e. The molecule has 122 valence electrons. The molecule has 0 bridgehead atoms. The molecule has 0 unspecified atom stereocenters. The molecule has 0 saturated carbocycles. The van der Waals surface area contributed by atoms with Crippen LogP contribution in [-0.4, -0.2) is 20.9 Å². The van der Waals surface area contributed by atoms with Crippen LogP contribution in [0.4, 0.5) is 5.69 Å². The van der Waals surface area contributed by atoms with Gasteiger partial charge in [-0.3, -0.25) is 4.79 Å². The molecule has 0 atom stereocenters. The minimum atomic E-state index is -0.162. The van der Waals surface area contributed by atoms with Crippen LogP contribution in [0, 0.1) is 0 Å². The van der Waals surface area contributed by atoms with E-state index in [0.29, 0.717) is 21.8 Å². The summed E-state index contributed by atoms with van der Waals surface area (Å²) in [6.45, 7) is 0. The Morgan fingerprint density at radius 1 is 0.880 bits per heavy atom. The van der Waals surface area contributed by atoms with Crippen LogP contribution in [0.5, 0.6) is 0 Å². The van der Waals surface area contributed by atoms with Crippen LogP contribution in [0.1, 0.15) is 10.4 Å². The highest BCUT2D eigenvalue weighted by molar-refractivity contribution is 6.30. The third kappa shape index (κ3) is 3.22. The summed E-state index contributed by atoms with van der Waals surface area (Å²) in [7, 11) is 0. The second-order valence-electron chi connectivity index (χ2n) is 5.49. The highest BCUT2D eigenvalue weighted by atomic mass is 35.5. The molecule has 0 aliphatic heterocycles. The average molecular weight is 349 g/mol. The highest BCUT2D eigenvalue weighted by Gasteiger charge is 2.09. The summed E-state index contributed by atoms with van der Waals surface area (Å²) in [4.78, 5) is 13.8. The molecule has 5 nitrogen and oxygen atoms in total. The van der Waals surface area contributed by atoms with E-state index in [1.54, 1.807) is 35.1 Å². The maximum absolute atomic E-state index is 12.2. The van der Waals surface area contributed by atoms with Gasteiger partial charge in [0.25, 0.3) is 5.91 Å². The Morgan fingerprint density at radius 2 is 1.60 bits per heavy atom. The fraction of sp³-hybridized carbons (Fsp3) is 0. The summed E-state index contributed by atoms with van der Waals surface area (Å²) in [5.41, 5.74) is 3.53. The molecule has 0 fully saturated rings. The van der Waals surface area contributed by atoms with E-state index in [4.69, 9.17) is 11.6 Å². The fourth-order valence-electron chi connectivity index (χ4n) is 2.47. The zero-order valence-electron chi connectivity index (χ0n) is 13.1. The topological polar surface area (TPSA) is 59.8 Å². The van der Waals surface area contributed by atoms with E-state index in [-0.39, 0.29) is 5.91 Å². The first kappa shape index (κ1) is 15.4. The number of carbonyl (C=O) groups excluding carboxylic acids is 1. The zero-order valence-corrected chi connectivity index (χ0v) is 13.8. The van der Waals surface area contributed by atoms with Crippen molar-refractivity contribution in [3.05, 3.63) is 83.4 Å². The summed E-state index contributed by atoms with van der Waals surface area (Å²) < 4.78 is 0. The van der Waals surface area contributed by atoms with Gasteiger partial charge in [-0.05, 0) is 54.6 Å². The van der Waals surface area contributed by atoms with Gasteiger partial charge in [0.15, 0.2) is 0 Å². The Kier molecular flexibility index (Phi) is 3.91. The van der Waals surface area contributed by atoms with Gasteiger partial charge in [-0.15, -0.1) is 10.2 Å². The molecule has 4 aromatic rings. The smallest absolute Gasteiger partial charge is 0.255 e. The Hall–Kier alpha value is -3.18. The molecule has 1 aromatic heterocycles. The van der Waals surface area contributed by atoms with Crippen molar-refractivity contribution in [3.63, 3.8) is 0 Å². The highest BCUT2D eigenvalue weighted by Crippen LogP contribution is 2.19. The quantitative estimate of drug-likeness (QED) is 0.599. The fourth-order valence-corrected chi connectivity index (χ4v) is 2.60. The van der Waals surface area contributed by atoms with Gasteiger partial charge in [0.2, 0.25) is 0 Å². The molecule has 1 amide bonds. The summed E-state index contributed by atoms with van der Waals surface area (Å²) in [6.07, 6.45) is 0. The number of rotatable bonds is 3. The Labute approximate surface area is 148 Å². The summed E-state index contributed by atoms with van der Waals surface area (Å²) in [5, 5.41) is 12.4. The number of nitrogens with zero attached hydrogens (tertiary/aromatic N) is 3. The molecule has 3 aromatic carbocycles. The van der Waals surface area contributed by atoms with Crippen molar-refractivity contribution in [1.82, 2.24) is 15.0 Å². The average Bonchev–Trinajstić information content (AvgIpc) is 3.06.